The van der Waals surface area contributed by atoms with Gasteiger partial charge in [0.2, 0.25) is 0 Å². The van der Waals surface area contributed by atoms with Crippen LogP contribution in [0.2, 0.25) is 0 Å². The molecule has 2 heteroatoms. The van der Waals surface area contributed by atoms with Crippen molar-refractivity contribution in [3.63, 3.8) is 0 Å². The fraction of sp³-hybridized carbons (Fsp3) is 0.364. The van der Waals surface area contributed by atoms with Crippen LogP contribution in [0.15, 0.2) is 35.5 Å². The second-order valence-corrected chi connectivity index (χ2v) is 2.68. The maximum absolute atomic E-state index is 5.03. The minimum Gasteiger partial charge on any atom is -0.396 e. The summed E-state index contributed by atoms with van der Waals surface area (Å²) < 4.78 is 0. The first kappa shape index (κ1) is 9.78. The van der Waals surface area contributed by atoms with E-state index in [-0.39, 0.29) is 0 Å². The Morgan fingerprint density at radius 1 is 1.23 bits per heavy atom. The van der Waals surface area contributed by atoms with Gasteiger partial charge in [-0.3, -0.25) is 0 Å². The Bertz CT molecular complexity index is 267. The van der Waals surface area contributed by atoms with Gasteiger partial charge in [-0.05, 0) is 18.9 Å². The summed E-state index contributed by atoms with van der Waals surface area (Å²) in [5, 5.41) is 4.05. The standard InChI is InChI=1S/C11H15NO/c1-3-11(12-13-4-2)10-8-6-5-7-9-10/h5-9H,3-4H2,1-2H3. The lowest BCUT2D eigenvalue weighted by atomic mass is 10.1. The highest BCUT2D eigenvalue weighted by atomic mass is 16.6. The molecular weight excluding hydrogens is 162 g/mol. The van der Waals surface area contributed by atoms with Crippen LogP contribution in [0.1, 0.15) is 25.8 Å². The number of benzene rings is 1. The lowest BCUT2D eigenvalue weighted by Gasteiger charge is -2.02. The van der Waals surface area contributed by atoms with Crippen molar-refractivity contribution in [1.82, 2.24) is 0 Å². The molecule has 13 heavy (non-hydrogen) atoms. The van der Waals surface area contributed by atoms with Gasteiger partial charge in [-0.2, -0.15) is 0 Å². The summed E-state index contributed by atoms with van der Waals surface area (Å²) in [5.74, 6) is 0. The van der Waals surface area contributed by atoms with E-state index in [0.717, 1.165) is 17.7 Å². The zero-order chi connectivity index (χ0) is 9.52. The molecule has 0 unspecified atom stereocenters. The molecule has 2 nitrogen and oxygen atoms in total. The SMILES string of the molecule is CCON=C(CC)c1ccccc1. The van der Waals surface area contributed by atoms with Crippen molar-refractivity contribution < 1.29 is 4.84 Å². The van der Waals surface area contributed by atoms with Gasteiger partial charge in [-0.1, -0.05) is 42.4 Å². The fourth-order valence-electron chi connectivity index (χ4n) is 1.09. The van der Waals surface area contributed by atoms with E-state index in [4.69, 9.17) is 4.84 Å². The van der Waals surface area contributed by atoms with Crippen molar-refractivity contribution in [2.75, 3.05) is 6.61 Å². The van der Waals surface area contributed by atoms with Gasteiger partial charge in [0.1, 0.15) is 6.61 Å². The van der Waals surface area contributed by atoms with Crippen LogP contribution in [-0.2, 0) is 4.84 Å². The fourth-order valence-corrected chi connectivity index (χ4v) is 1.09. The van der Waals surface area contributed by atoms with E-state index in [9.17, 15) is 0 Å². The van der Waals surface area contributed by atoms with Crippen LogP contribution in [0.25, 0.3) is 0 Å². The van der Waals surface area contributed by atoms with Gasteiger partial charge in [0.05, 0.1) is 5.71 Å². The number of nitrogens with zero attached hydrogens (tertiary/aromatic N) is 1. The van der Waals surface area contributed by atoms with Crippen molar-refractivity contribution in [3.05, 3.63) is 35.9 Å². The Hall–Kier alpha value is -1.31. The molecule has 1 aromatic rings. The second-order valence-electron chi connectivity index (χ2n) is 2.68. The number of rotatable bonds is 4. The van der Waals surface area contributed by atoms with Crippen LogP contribution in [0.5, 0.6) is 0 Å². The van der Waals surface area contributed by atoms with Gasteiger partial charge in [-0.25, -0.2) is 0 Å². The third-order valence-corrected chi connectivity index (χ3v) is 1.75. The summed E-state index contributed by atoms with van der Waals surface area (Å²) in [6.45, 7) is 4.63. The molecule has 0 spiro atoms. The molecule has 0 radical (unpaired) electrons. The number of oxime groups is 1. The number of hydrogen-bond acceptors (Lipinski definition) is 2. The van der Waals surface area contributed by atoms with Crippen LogP contribution < -0.4 is 0 Å². The van der Waals surface area contributed by atoms with Crippen molar-refractivity contribution in [2.24, 2.45) is 5.16 Å². The van der Waals surface area contributed by atoms with Crippen molar-refractivity contribution in [2.45, 2.75) is 20.3 Å². The van der Waals surface area contributed by atoms with Crippen molar-refractivity contribution >= 4 is 5.71 Å². The van der Waals surface area contributed by atoms with Gasteiger partial charge in [0.15, 0.2) is 0 Å². The summed E-state index contributed by atoms with van der Waals surface area (Å²) in [6.07, 6.45) is 0.893. The van der Waals surface area contributed by atoms with Gasteiger partial charge >= 0.3 is 0 Å². The summed E-state index contributed by atoms with van der Waals surface area (Å²) in [4.78, 5) is 5.03. The molecule has 0 fully saturated rings. The van der Waals surface area contributed by atoms with E-state index in [2.05, 4.69) is 12.1 Å². The Balaban J connectivity index is 2.78. The molecule has 0 aliphatic carbocycles. The highest BCUT2D eigenvalue weighted by Crippen LogP contribution is 2.04. The van der Waals surface area contributed by atoms with Crippen LogP contribution in [0, 0.1) is 0 Å². The van der Waals surface area contributed by atoms with Gasteiger partial charge < -0.3 is 4.84 Å². The molecule has 1 aromatic carbocycles. The van der Waals surface area contributed by atoms with E-state index in [1.165, 1.54) is 0 Å². The van der Waals surface area contributed by atoms with Crippen LogP contribution >= 0.6 is 0 Å². The lowest BCUT2D eigenvalue weighted by Crippen LogP contribution is -1.99. The van der Waals surface area contributed by atoms with E-state index in [1.54, 1.807) is 0 Å². The molecule has 0 saturated carbocycles. The maximum Gasteiger partial charge on any atom is 0.114 e. The van der Waals surface area contributed by atoms with E-state index >= 15 is 0 Å². The Morgan fingerprint density at radius 3 is 2.46 bits per heavy atom. The summed E-state index contributed by atoms with van der Waals surface area (Å²) in [6, 6.07) is 10.1. The molecule has 0 aliphatic rings. The molecule has 0 aliphatic heterocycles. The summed E-state index contributed by atoms with van der Waals surface area (Å²) in [7, 11) is 0. The molecular formula is C11H15NO. The summed E-state index contributed by atoms with van der Waals surface area (Å²) in [5.41, 5.74) is 2.14. The van der Waals surface area contributed by atoms with Crippen LogP contribution in [-0.4, -0.2) is 12.3 Å². The highest BCUT2D eigenvalue weighted by molar-refractivity contribution is 5.99. The predicted octanol–water partition coefficient (Wildman–Crippen LogP) is 2.84. The molecule has 1 rings (SSSR count). The van der Waals surface area contributed by atoms with Gasteiger partial charge in [0, 0.05) is 0 Å². The third kappa shape index (κ3) is 2.90. The molecule has 0 saturated heterocycles. The molecule has 70 valence electrons. The average molecular weight is 177 g/mol. The van der Waals surface area contributed by atoms with E-state index in [1.807, 2.05) is 37.3 Å². The van der Waals surface area contributed by atoms with Crippen molar-refractivity contribution in [3.8, 4) is 0 Å². The predicted molar refractivity (Wildman–Crippen MR) is 54.9 cm³/mol. The zero-order valence-electron chi connectivity index (χ0n) is 8.16. The first-order valence-electron chi connectivity index (χ1n) is 4.62. The van der Waals surface area contributed by atoms with E-state index in [0.29, 0.717) is 6.61 Å². The van der Waals surface area contributed by atoms with Crippen molar-refractivity contribution in [1.29, 1.82) is 0 Å². The highest BCUT2D eigenvalue weighted by Gasteiger charge is 1.99. The molecule has 0 amide bonds. The third-order valence-electron chi connectivity index (χ3n) is 1.75. The molecule has 0 bridgehead atoms. The quantitative estimate of drug-likeness (QED) is 0.512. The largest absolute Gasteiger partial charge is 0.396 e. The normalized spacial score (nSPS) is 11.4. The van der Waals surface area contributed by atoms with Gasteiger partial charge in [0.25, 0.3) is 0 Å². The maximum atomic E-state index is 5.03. The molecule has 0 atom stereocenters. The van der Waals surface area contributed by atoms with E-state index < -0.39 is 0 Å². The zero-order valence-corrected chi connectivity index (χ0v) is 8.16. The van der Waals surface area contributed by atoms with Gasteiger partial charge in [-0.15, -0.1) is 0 Å². The minimum absolute atomic E-state index is 0.621. The number of hydrogen-bond donors (Lipinski definition) is 0. The first-order valence-corrected chi connectivity index (χ1v) is 4.62. The van der Waals surface area contributed by atoms with Crippen LogP contribution in [0.4, 0.5) is 0 Å². The molecule has 0 N–H and O–H groups in total. The second kappa shape index (κ2) is 5.36. The Labute approximate surface area is 79.2 Å². The lowest BCUT2D eigenvalue weighted by molar-refractivity contribution is 0.158. The molecule has 0 heterocycles. The van der Waals surface area contributed by atoms with Crippen LogP contribution in [0.3, 0.4) is 0 Å². The first-order chi connectivity index (χ1) is 6.38. The Kier molecular flexibility index (Phi) is 4.03. The Morgan fingerprint density at radius 2 is 1.92 bits per heavy atom. The topological polar surface area (TPSA) is 21.6 Å². The minimum atomic E-state index is 0.621. The molecule has 0 aromatic heterocycles. The summed E-state index contributed by atoms with van der Waals surface area (Å²) >= 11 is 0. The smallest absolute Gasteiger partial charge is 0.114 e. The average Bonchev–Trinajstić information content (AvgIpc) is 2.21. The monoisotopic (exact) mass is 177 g/mol.